The highest BCUT2D eigenvalue weighted by Crippen LogP contribution is 2.15. The molecule has 1 rings (SSSR count). The van der Waals surface area contributed by atoms with Gasteiger partial charge in [0, 0.05) is 12.1 Å². The standard InChI is InChI=1S/C13H21N3O2S/c1-13(2,3)9-19(17,18)16-8-10-5-4-6-11(7-10)12(14)15/h4-7,16H,8-9H2,1-3H3,(H3,14,15). The number of rotatable bonds is 5. The Kier molecular flexibility index (Phi) is 4.70. The first-order chi connectivity index (χ1) is 8.59. The van der Waals surface area contributed by atoms with Crippen molar-refractivity contribution in [3.8, 4) is 0 Å². The van der Waals surface area contributed by atoms with Crippen LogP contribution in [0.3, 0.4) is 0 Å². The van der Waals surface area contributed by atoms with Crippen molar-refractivity contribution in [2.75, 3.05) is 5.75 Å². The van der Waals surface area contributed by atoms with E-state index in [0.29, 0.717) is 5.56 Å². The smallest absolute Gasteiger partial charge is 0.212 e. The minimum Gasteiger partial charge on any atom is -0.384 e. The zero-order valence-electron chi connectivity index (χ0n) is 11.5. The van der Waals surface area contributed by atoms with Gasteiger partial charge in [-0.15, -0.1) is 0 Å². The third kappa shape index (κ3) is 5.85. The molecule has 0 saturated heterocycles. The minimum absolute atomic E-state index is 0.0283. The van der Waals surface area contributed by atoms with Crippen LogP contribution in [0.25, 0.3) is 0 Å². The summed E-state index contributed by atoms with van der Waals surface area (Å²) in [5, 5.41) is 7.34. The predicted octanol–water partition coefficient (Wildman–Crippen LogP) is 1.44. The molecule has 106 valence electrons. The Bertz CT molecular complexity index is 559. The van der Waals surface area contributed by atoms with Crippen LogP contribution in [-0.4, -0.2) is 20.0 Å². The second-order valence-corrected chi connectivity index (χ2v) is 7.56. The average Bonchev–Trinajstić information content (AvgIpc) is 2.24. The van der Waals surface area contributed by atoms with Gasteiger partial charge in [0.05, 0.1) is 5.75 Å². The lowest BCUT2D eigenvalue weighted by Crippen LogP contribution is -2.32. The summed E-state index contributed by atoms with van der Waals surface area (Å²) in [6.45, 7) is 5.84. The van der Waals surface area contributed by atoms with Crippen LogP contribution in [0, 0.1) is 10.8 Å². The van der Waals surface area contributed by atoms with Crippen LogP contribution in [0.15, 0.2) is 24.3 Å². The van der Waals surface area contributed by atoms with Crippen LogP contribution in [-0.2, 0) is 16.6 Å². The lowest BCUT2D eigenvalue weighted by atomic mass is 10.0. The summed E-state index contributed by atoms with van der Waals surface area (Å²) >= 11 is 0. The summed E-state index contributed by atoms with van der Waals surface area (Å²) < 4.78 is 26.3. The molecule has 0 aliphatic heterocycles. The van der Waals surface area contributed by atoms with Crippen molar-refractivity contribution < 1.29 is 8.42 Å². The minimum atomic E-state index is -3.31. The molecule has 0 amide bonds. The summed E-state index contributed by atoms with van der Waals surface area (Å²) in [6.07, 6.45) is 0. The normalized spacial score (nSPS) is 12.4. The van der Waals surface area contributed by atoms with Gasteiger partial charge in [-0.05, 0) is 17.0 Å². The molecule has 0 fully saturated rings. The van der Waals surface area contributed by atoms with Crippen LogP contribution >= 0.6 is 0 Å². The molecule has 0 radical (unpaired) electrons. The van der Waals surface area contributed by atoms with Crippen molar-refractivity contribution in [3.63, 3.8) is 0 Å². The molecule has 1 aromatic carbocycles. The maximum absolute atomic E-state index is 11.9. The number of nitrogen functional groups attached to an aromatic ring is 1. The summed E-state index contributed by atoms with van der Waals surface area (Å²) in [4.78, 5) is 0. The van der Waals surface area contributed by atoms with E-state index in [1.807, 2.05) is 20.8 Å². The van der Waals surface area contributed by atoms with E-state index in [9.17, 15) is 8.42 Å². The highest BCUT2D eigenvalue weighted by atomic mass is 32.2. The Hall–Kier alpha value is -1.40. The molecule has 5 nitrogen and oxygen atoms in total. The molecule has 0 aliphatic rings. The lowest BCUT2D eigenvalue weighted by molar-refractivity contribution is 0.458. The van der Waals surface area contributed by atoms with Crippen molar-refractivity contribution in [1.82, 2.24) is 4.72 Å². The summed E-state index contributed by atoms with van der Waals surface area (Å²) in [5.74, 6) is 0.0475. The zero-order valence-corrected chi connectivity index (χ0v) is 12.3. The van der Waals surface area contributed by atoms with Gasteiger partial charge >= 0.3 is 0 Å². The van der Waals surface area contributed by atoms with Crippen molar-refractivity contribution in [2.45, 2.75) is 27.3 Å². The maximum Gasteiger partial charge on any atom is 0.212 e. The van der Waals surface area contributed by atoms with E-state index in [0.717, 1.165) is 5.56 Å². The molecule has 4 N–H and O–H groups in total. The van der Waals surface area contributed by atoms with Gasteiger partial charge in [0.1, 0.15) is 5.84 Å². The first-order valence-corrected chi connectivity index (χ1v) is 7.65. The van der Waals surface area contributed by atoms with Crippen LogP contribution in [0.4, 0.5) is 0 Å². The van der Waals surface area contributed by atoms with E-state index in [1.165, 1.54) is 0 Å². The fraction of sp³-hybridized carbons (Fsp3) is 0.462. The number of nitrogens with one attached hydrogen (secondary N) is 2. The maximum atomic E-state index is 11.9. The number of benzene rings is 1. The highest BCUT2D eigenvalue weighted by Gasteiger charge is 2.21. The fourth-order valence-electron chi connectivity index (χ4n) is 1.66. The average molecular weight is 283 g/mol. The van der Waals surface area contributed by atoms with E-state index in [-0.39, 0.29) is 23.5 Å². The number of hydrogen-bond acceptors (Lipinski definition) is 3. The van der Waals surface area contributed by atoms with Crippen molar-refractivity contribution in [2.24, 2.45) is 11.1 Å². The molecule has 0 atom stereocenters. The van der Waals surface area contributed by atoms with E-state index < -0.39 is 10.0 Å². The van der Waals surface area contributed by atoms with Crippen molar-refractivity contribution in [3.05, 3.63) is 35.4 Å². The zero-order chi connectivity index (χ0) is 14.7. The Morgan fingerprint density at radius 2 is 2.00 bits per heavy atom. The number of sulfonamides is 1. The first kappa shape index (κ1) is 15.7. The Balaban J connectivity index is 2.72. The van der Waals surface area contributed by atoms with Gasteiger partial charge in [-0.2, -0.15) is 0 Å². The molecule has 19 heavy (non-hydrogen) atoms. The molecule has 0 heterocycles. The first-order valence-electron chi connectivity index (χ1n) is 6.00. The Morgan fingerprint density at radius 3 is 2.53 bits per heavy atom. The molecule has 0 unspecified atom stereocenters. The Labute approximate surface area is 114 Å². The molecule has 0 aromatic heterocycles. The molecular formula is C13H21N3O2S. The summed E-state index contributed by atoms with van der Waals surface area (Å²) in [7, 11) is -3.31. The second-order valence-electron chi connectivity index (χ2n) is 5.75. The van der Waals surface area contributed by atoms with Gasteiger partial charge < -0.3 is 5.73 Å². The van der Waals surface area contributed by atoms with E-state index in [4.69, 9.17) is 11.1 Å². The monoisotopic (exact) mass is 283 g/mol. The molecule has 0 bridgehead atoms. The second kappa shape index (κ2) is 5.71. The van der Waals surface area contributed by atoms with Gasteiger partial charge in [0.2, 0.25) is 10.0 Å². The van der Waals surface area contributed by atoms with Crippen molar-refractivity contribution in [1.29, 1.82) is 5.41 Å². The molecule has 0 aliphatic carbocycles. The molecule has 1 aromatic rings. The van der Waals surface area contributed by atoms with E-state index in [1.54, 1.807) is 24.3 Å². The number of amidine groups is 1. The van der Waals surface area contributed by atoms with Gasteiger partial charge in [-0.3, -0.25) is 5.41 Å². The third-order valence-corrected chi connectivity index (χ3v) is 4.19. The SMILES string of the molecule is CC(C)(C)CS(=O)(=O)NCc1cccc(C(=N)N)c1. The van der Waals surface area contributed by atoms with Gasteiger partial charge in [-0.25, -0.2) is 13.1 Å². The topological polar surface area (TPSA) is 96.0 Å². The van der Waals surface area contributed by atoms with Crippen LogP contribution in [0.1, 0.15) is 31.9 Å². The van der Waals surface area contributed by atoms with Crippen LogP contribution in [0.5, 0.6) is 0 Å². The van der Waals surface area contributed by atoms with Gasteiger partial charge in [0.25, 0.3) is 0 Å². The fourth-order valence-corrected chi connectivity index (χ4v) is 3.29. The molecule has 6 heteroatoms. The summed E-state index contributed by atoms with van der Waals surface area (Å²) in [5.41, 5.74) is 6.48. The van der Waals surface area contributed by atoms with E-state index >= 15 is 0 Å². The van der Waals surface area contributed by atoms with Crippen LogP contribution < -0.4 is 10.5 Å². The lowest BCUT2D eigenvalue weighted by Gasteiger charge is -2.18. The number of hydrogen-bond donors (Lipinski definition) is 3. The third-order valence-electron chi connectivity index (χ3n) is 2.36. The van der Waals surface area contributed by atoms with Crippen LogP contribution in [0.2, 0.25) is 0 Å². The van der Waals surface area contributed by atoms with E-state index in [2.05, 4.69) is 4.72 Å². The Morgan fingerprint density at radius 1 is 1.37 bits per heavy atom. The quantitative estimate of drug-likeness (QED) is 0.563. The molecule has 0 spiro atoms. The highest BCUT2D eigenvalue weighted by molar-refractivity contribution is 7.89. The van der Waals surface area contributed by atoms with Gasteiger partial charge in [-0.1, -0.05) is 39.0 Å². The van der Waals surface area contributed by atoms with Crippen molar-refractivity contribution >= 4 is 15.9 Å². The largest absolute Gasteiger partial charge is 0.384 e. The molecule has 0 saturated carbocycles. The van der Waals surface area contributed by atoms with Gasteiger partial charge in [0.15, 0.2) is 0 Å². The predicted molar refractivity (Wildman–Crippen MR) is 77.5 cm³/mol. The molecular weight excluding hydrogens is 262 g/mol. The summed E-state index contributed by atoms with van der Waals surface area (Å²) in [6, 6.07) is 6.98. The number of nitrogens with two attached hydrogens (primary N) is 1.